The van der Waals surface area contributed by atoms with Crippen molar-refractivity contribution in [2.24, 2.45) is 5.73 Å². The molecule has 0 radical (unpaired) electrons. The standard InChI is InChI=1S/C9H11F2NO/c10-3-4-13-9-2-1-8(11)5-7(9)6-12/h1-2,5H,3-4,6,12H2. The van der Waals surface area contributed by atoms with Crippen LogP contribution in [0.3, 0.4) is 0 Å². The van der Waals surface area contributed by atoms with E-state index >= 15 is 0 Å². The molecular formula is C9H11F2NO. The lowest BCUT2D eigenvalue weighted by Gasteiger charge is -2.08. The topological polar surface area (TPSA) is 35.2 Å². The number of hydrogen-bond donors (Lipinski definition) is 1. The molecule has 72 valence electrons. The van der Waals surface area contributed by atoms with Crippen molar-refractivity contribution in [3.05, 3.63) is 29.6 Å². The quantitative estimate of drug-likeness (QED) is 0.777. The highest BCUT2D eigenvalue weighted by molar-refractivity contribution is 5.33. The van der Waals surface area contributed by atoms with Gasteiger partial charge < -0.3 is 10.5 Å². The predicted octanol–water partition coefficient (Wildman–Crippen LogP) is 1.63. The second-order valence-electron chi connectivity index (χ2n) is 2.49. The summed E-state index contributed by atoms with van der Waals surface area (Å²) in [6.07, 6.45) is 0. The fourth-order valence-electron chi connectivity index (χ4n) is 0.997. The molecule has 0 spiro atoms. The van der Waals surface area contributed by atoms with Crippen molar-refractivity contribution in [3.8, 4) is 5.75 Å². The zero-order valence-corrected chi connectivity index (χ0v) is 7.09. The molecule has 1 aromatic rings. The van der Waals surface area contributed by atoms with Gasteiger partial charge in [0.05, 0.1) is 0 Å². The van der Waals surface area contributed by atoms with Crippen molar-refractivity contribution in [2.75, 3.05) is 13.3 Å². The van der Waals surface area contributed by atoms with E-state index in [1.165, 1.54) is 18.2 Å². The van der Waals surface area contributed by atoms with Crippen LogP contribution in [-0.4, -0.2) is 13.3 Å². The number of alkyl halides is 1. The van der Waals surface area contributed by atoms with Crippen LogP contribution in [0.2, 0.25) is 0 Å². The van der Waals surface area contributed by atoms with Gasteiger partial charge in [-0.25, -0.2) is 8.78 Å². The number of rotatable bonds is 4. The van der Waals surface area contributed by atoms with Crippen LogP contribution in [0.25, 0.3) is 0 Å². The fourth-order valence-corrected chi connectivity index (χ4v) is 0.997. The number of benzene rings is 1. The predicted molar refractivity (Wildman–Crippen MR) is 45.8 cm³/mol. The van der Waals surface area contributed by atoms with Crippen LogP contribution >= 0.6 is 0 Å². The third-order valence-corrected chi connectivity index (χ3v) is 1.58. The molecule has 0 aromatic heterocycles. The molecule has 4 heteroatoms. The van der Waals surface area contributed by atoms with Gasteiger partial charge in [0.2, 0.25) is 0 Å². The summed E-state index contributed by atoms with van der Waals surface area (Å²) in [5.74, 6) is 0.0783. The van der Waals surface area contributed by atoms with Crippen LogP contribution in [0.15, 0.2) is 18.2 Å². The Morgan fingerprint density at radius 3 is 2.77 bits per heavy atom. The van der Waals surface area contributed by atoms with Gasteiger partial charge in [0.25, 0.3) is 0 Å². The number of ether oxygens (including phenoxy) is 1. The first kappa shape index (κ1) is 9.92. The molecule has 1 aromatic carbocycles. The molecule has 0 heterocycles. The fraction of sp³-hybridized carbons (Fsp3) is 0.333. The summed E-state index contributed by atoms with van der Waals surface area (Å²) < 4.78 is 29.4. The number of halogens is 2. The molecule has 0 fully saturated rings. The Morgan fingerprint density at radius 1 is 1.38 bits per heavy atom. The SMILES string of the molecule is NCc1cc(F)ccc1OCCF. The summed E-state index contributed by atoms with van der Waals surface area (Å²) in [7, 11) is 0. The summed E-state index contributed by atoms with van der Waals surface area (Å²) in [6, 6.07) is 3.99. The molecule has 0 saturated carbocycles. The van der Waals surface area contributed by atoms with Gasteiger partial charge in [-0.1, -0.05) is 0 Å². The van der Waals surface area contributed by atoms with Gasteiger partial charge in [-0.15, -0.1) is 0 Å². The van der Waals surface area contributed by atoms with E-state index in [-0.39, 0.29) is 19.0 Å². The molecule has 0 aliphatic heterocycles. The highest BCUT2D eigenvalue weighted by atomic mass is 19.1. The van der Waals surface area contributed by atoms with E-state index < -0.39 is 6.67 Å². The van der Waals surface area contributed by atoms with Gasteiger partial charge in [-0.05, 0) is 18.2 Å². The minimum absolute atomic E-state index is 0.0291. The minimum atomic E-state index is -0.568. The molecule has 0 bridgehead atoms. The van der Waals surface area contributed by atoms with E-state index in [4.69, 9.17) is 10.5 Å². The molecule has 0 aliphatic rings. The van der Waals surface area contributed by atoms with Crippen molar-refractivity contribution < 1.29 is 13.5 Å². The first-order chi connectivity index (χ1) is 6.27. The van der Waals surface area contributed by atoms with Crippen molar-refractivity contribution in [2.45, 2.75) is 6.54 Å². The highest BCUT2D eigenvalue weighted by Gasteiger charge is 2.03. The summed E-state index contributed by atoms with van der Waals surface area (Å²) in [5, 5.41) is 0. The van der Waals surface area contributed by atoms with Gasteiger partial charge in [0.1, 0.15) is 24.8 Å². The third-order valence-electron chi connectivity index (χ3n) is 1.58. The van der Waals surface area contributed by atoms with Gasteiger partial charge in [0, 0.05) is 12.1 Å². The van der Waals surface area contributed by atoms with E-state index in [1.54, 1.807) is 0 Å². The van der Waals surface area contributed by atoms with E-state index in [0.717, 1.165) is 0 Å². The first-order valence-electron chi connectivity index (χ1n) is 3.95. The molecule has 0 aliphatic carbocycles. The van der Waals surface area contributed by atoms with Gasteiger partial charge in [-0.3, -0.25) is 0 Å². The maximum Gasteiger partial charge on any atom is 0.124 e. The molecule has 0 amide bonds. The highest BCUT2D eigenvalue weighted by Crippen LogP contribution is 2.18. The Balaban J connectivity index is 2.79. The lowest BCUT2D eigenvalue weighted by molar-refractivity contribution is 0.271. The lowest BCUT2D eigenvalue weighted by Crippen LogP contribution is -2.05. The Morgan fingerprint density at radius 2 is 2.15 bits per heavy atom. The Labute approximate surface area is 75.3 Å². The molecule has 0 atom stereocenters. The zero-order valence-electron chi connectivity index (χ0n) is 7.09. The largest absolute Gasteiger partial charge is 0.491 e. The van der Waals surface area contributed by atoms with Gasteiger partial charge >= 0.3 is 0 Å². The molecule has 2 nitrogen and oxygen atoms in total. The third kappa shape index (κ3) is 2.66. The van der Waals surface area contributed by atoms with Crippen LogP contribution in [-0.2, 0) is 6.54 Å². The molecule has 0 unspecified atom stereocenters. The van der Waals surface area contributed by atoms with Crippen LogP contribution in [0.1, 0.15) is 5.56 Å². The molecule has 13 heavy (non-hydrogen) atoms. The maximum absolute atomic E-state index is 12.7. The van der Waals surface area contributed by atoms with Crippen LogP contribution in [0, 0.1) is 5.82 Å². The van der Waals surface area contributed by atoms with E-state index in [0.29, 0.717) is 11.3 Å². The Hall–Kier alpha value is -1.16. The summed E-state index contributed by atoms with van der Waals surface area (Å²) in [4.78, 5) is 0. The van der Waals surface area contributed by atoms with Crippen LogP contribution < -0.4 is 10.5 Å². The average Bonchev–Trinajstić information content (AvgIpc) is 2.16. The minimum Gasteiger partial charge on any atom is -0.491 e. The normalized spacial score (nSPS) is 10.1. The van der Waals surface area contributed by atoms with Gasteiger partial charge in [-0.2, -0.15) is 0 Å². The summed E-state index contributed by atoms with van der Waals surface area (Å²) in [6.45, 7) is -0.417. The van der Waals surface area contributed by atoms with Crippen molar-refractivity contribution in [1.82, 2.24) is 0 Å². The van der Waals surface area contributed by atoms with Crippen molar-refractivity contribution >= 4 is 0 Å². The van der Waals surface area contributed by atoms with Crippen molar-refractivity contribution in [3.63, 3.8) is 0 Å². The monoisotopic (exact) mass is 187 g/mol. The Bertz CT molecular complexity index is 278. The Kier molecular flexibility index (Phi) is 3.64. The molecule has 2 N–H and O–H groups in total. The number of nitrogens with two attached hydrogens (primary N) is 1. The molecule has 0 saturated heterocycles. The van der Waals surface area contributed by atoms with Crippen molar-refractivity contribution in [1.29, 1.82) is 0 Å². The van der Waals surface area contributed by atoms with Gasteiger partial charge in [0.15, 0.2) is 0 Å². The lowest BCUT2D eigenvalue weighted by atomic mass is 10.2. The first-order valence-corrected chi connectivity index (χ1v) is 3.95. The van der Waals surface area contributed by atoms with Crippen LogP contribution in [0.4, 0.5) is 8.78 Å². The van der Waals surface area contributed by atoms with E-state index in [9.17, 15) is 8.78 Å². The van der Waals surface area contributed by atoms with Crippen LogP contribution in [0.5, 0.6) is 5.75 Å². The molecule has 1 rings (SSSR count). The van der Waals surface area contributed by atoms with E-state index in [1.807, 2.05) is 0 Å². The zero-order chi connectivity index (χ0) is 9.68. The smallest absolute Gasteiger partial charge is 0.124 e. The average molecular weight is 187 g/mol. The second kappa shape index (κ2) is 4.77. The summed E-state index contributed by atoms with van der Waals surface area (Å²) >= 11 is 0. The second-order valence-corrected chi connectivity index (χ2v) is 2.49. The summed E-state index contributed by atoms with van der Waals surface area (Å²) in [5.41, 5.74) is 5.90. The van der Waals surface area contributed by atoms with E-state index in [2.05, 4.69) is 0 Å². The number of hydrogen-bond acceptors (Lipinski definition) is 2. The maximum atomic E-state index is 12.7. The molecular weight excluding hydrogens is 176 g/mol.